The molecule has 1 amide bonds. The van der Waals surface area contributed by atoms with Gasteiger partial charge in [0.2, 0.25) is 5.91 Å². The molecule has 2 aromatic carbocycles. The van der Waals surface area contributed by atoms with Gasteiger partial charge in [0, 0.05) is 0 Å². The Labute approximate surface area is 144 Å². The molecule has 25 heavy (non-hydrogen) atoms. The predicted octanol–water partition coefficient (Wildman–Crippen LogP) is 2.94. The summed E-state index contributed by atoms with van der Waals surface area (Å²) in [5.74, 6) is 1.32. The van der Waals surface area contributed by atoms with Crippen LogP contribution in [-0.2, 0) is 11.2 Å². The maximum Gasteiger partial charge on any atom is 0.322 e. The number of carbonyl (C=O) groups is 1. The van der Waals surface area contributed by atoms with E-state index in [4.69, 9.17) is 13.9 Å². The molecule has 0 saturated carbocycles. The minimum absolute atomic E-state index is 0.0359. The molecule has 3 aromatic rings. The molecule has 0 aliphatic rings. The lowest BCUT2D eigenvalue weighted by atomic mass is 10.1. The zero-order chi connectivity index (χ0) is 17.6. The largest absolute Gasteiger partial charge is 0.497 e. The Bertz CT molecular complexity index is 876. The lowest BCUT2D eigenvalue weighted by Crippen LogP contribution is -2.14. The van der Waals surface area contributed by atoms with E-state index in [1.807, 2.05) is 30.3 Å². The van der Waals surface area contributed by atoms with Gasteiger partial charge in [-0.3, -0.25) is 10.1 Å². The molecule has 1 heterocycles. The fourth-order valence-electron chi connectivity index (χ4n) is 2.34. The Morgan fingerprint density at radius 1 is 1.08 bits per heavy atom. The van der Waals surface area contributed by atoms with Crippen molar-refractivity contribution in [1.29, 1.82) is 0 Å². The molecule has 1 aromatic heterocycles. The van der Waals surface area contributed by atoms with Crippen LogP contribution in [0.15, 0.2) is 52.9 Å². The molecule has 1 N–H and O–H groups in total. The van der Waals surface area contributed by atoms with E-state index in [2.05, 4.69) is 15.5 Å². The van der Waals surface area contributed by atoms with Crippen molar-refractivity contribution in [2.75, 3.05) is 19.5 Å². The summed E-state index contributed by atoms with van der Waals surface area (Å²) >= 11 is 0. The van der Waals surface area contributed by atoms with Crippen molar-refractivity contribution in [3.63, 3.8) is 0 Å². The number of aromatic nitrogens is 2. The summed E-state index contributed by atoms with van der Waals surface area (Å²) in [7, 11) is 3.14. The second kappa shape index (κ2) is 7.48. The summed E-state index contributed by atoms with van der Waals surface area (Å²) < 4.78 is 15.9. The molecule has 7 heteroatoms. The second-order valence-corrected chi connectivity index (χ2v) is 5.19. The maximum absolute atomic E-state index is 12.1. The van der Waals surface area contributed by atoms with Gasteiger partial charge in [0.1, 0.15) is 11.5 Å². The number of hydrogen-bond acceptors (Lipinski definition) is 6. The van der Waals surface area contributed by atoms with Crippen molar-refractivity contribution in [3.05, 3.63) is 54.1 Å². The van der Waals surface area contributed by atoms with Gasteiger partial charge < -0.3 is 13.9 Å². The van der Waals surface area contributed by atoms with Crippen molar-refractivity contribution >= 4 is 11.9 Å². The Hall–Kier alpha value is -3.35. The van der Waals surface area contributed by atoms with Crippen LogP contribution in [0.2, 0.25) is 0 Å². The molecule has 7 nitrogen and oxygen atoms in total. The molecule has 0 aliphatic carbocycles. The molecule has 0 aliphatic heterocycles. The van der Waals surface area contributed by atoms with Crippen LogP contribution in [0.1, 0.15) is 5.56 Å². The third kappa shape index (κ3) is 3.95. The lowest BCUT2D eigenvalue weighted by molar-refractivity contribution is -0.115. The minimum atomic E-state index is -0.261. The first kappa shape index (κ1) is 16.5. The Balaban J connectivity index is 1.69. The second-order valence-electron chi connectivity index (χ2n) is 5.19. The van der Waals surface area contributed by atoms with Gasteiger partial charge in [-0.1, -0.05) is 29.4 Å². The number of carbonyl (C=O) groups excluding carboxylic acids is 1. The lowest BCUT2D eigenvalue weighted by Gasteiger charge is -2.04. The average molecular weight is 339 g/mol. The number of rotatable bonds is 6. The molecule has 0 fully saturated rings. The van der Waals surface area contributed by atoms with Gasteiger partial charge in [-0.2, -0.15) is 0 Å². The van der Waals surface area contributed by atoms with Crippen molar-refractivity contribution in [2.24, 2.45) is 0 Å². The first-order valence-corrected chi connectivity index (χ1v) is 7.59. The molecular formula is C18H17N3O4. The summed E-state index contributed by atoms with van der Waals surface area (Å²) in [4.78, 5) is 12.1. The van der Waals surface area contributed by atoms with Crippen LogP contribution in [0.4, 0.5) is 6.01 Å². The molecule has 0 radical (unpaired) electrons. The SMILES string of the molecule is COc1cccc(CC(=O)Nc2nnc(-c3ccccc3OC)o2)c1. The van der Waals surface area contributed by atoms with Crippen molar-refractivity contribution < 1.29 is 18.7 Å². The van der Waals surface area contributed by atoms with E-state index in [9.17, 15) is 4.79 Å². The Morgan fingerprint density at radius 3 is 2.72 bits per heavy atom. The zero-order valence-electron chi connectivity index (χ0n) is 13.9. The number of methoxy groups -OCH3 is 2. The molecule has 0 saturated heterocycles. The van der Waals surface area contributed by atoms with Crippen LogP contribution in [0, 0.1) is 0 Å². The number of anilines is 1. The summed E-state index contributed by atoms with van der Waals surface area (Å²) in [5.41, 5.74) is 1.48. The monoisotopic (exact) mass is 339 g/mol. The fraction of sp³-hybridized carbons (Fsp3) is 0.167. The number of para-hydroxylation sites is 1. The van der Waals surface area contributed by atoms with E-state index in [0.717, 1.165) is 5.56 Å². The summed E-state index contributed by atoms with van der Waals surface area (Å²) in [6.07, 6.45) is 0.170. The molecule has 3 rings (SSSR count). The van der Waals surface area contributed by atoms with E-state index in [1.165, 1.54) is 0 Å². The number of amides is 1. The fourth-order valence-corrected chi connectivity index (χ4v) is 2.34. The molecule has 0 bridgehead atoms. The quantitative estimate of drug-likeness (QED) is 0.743. The van der Waals surface area contributed by atoms with E-state index >= 15 is 0 Å². The molecule has 0 spiro atoms. The normalized spacial score (nSPS) is 10.3. The topological polar surface area (TPSA) is 86.5 Å². The smallest absolute Gasteiger partial charge is 0.322 e. The predicted molar refractivity (Wildman–Crippen MR) is 91.6 cm³/mol. The highest BCUT2D eigenvalue weighted by Gasteiger charge is 2.14. The van der Waals surface area contributed by atoms with Crippen LogP contribution in [0.5, 0.6) is 11.5 Å². The molecular weight excluding hydrogens is 322 g/mol. The Morgan fingerprint density at radius 2 is 1.92 bits per heavy atom. The third-order valence-electron chi connectivity index (χ3n) is 3.51. The highest BCUT2D eigenvalue weighted by Crippen LogP contribution is 2.29. The Kier molecular flexibility index (Phi) is 4.94. The summed E-state index contributed by atoms with van der Waals surface area (Å²) in [6.45, 7) is 0. The van der Waals surface area contributed by atoms with Crippen LogP contribution < -0.4 is 14.8 Å². The van der Waals surface area contributed by atoms with Crippen molar-refractivity contribution in [1.82, 2.24) is 10.2 Å². The van der Waals surface area contributed by atoms with Gasteiger partial charge in [-0.05, 0) is 29.8 Å². The number of nitrogens with zero attached hydrogens (tertiary/aromatic N) is 2. The summed E-state index contributed by atoms with van der Waals surface area (Å²) in [6, 6.07) is 14.6. The van der Waals surface area contributed by atoms with Crippen LogP contribution >= 0.6 is 0 Å². The van der Waals surface area contributed by atoms with Gasteiger partial charge in [0.15, 0.2) is 0 Å². The third-order valence-corrected chi connectivity index (χ3v) is 3.51. The number of benzene rings is 2. The van der Waals surface area contributed by atoms with Crippen LogP contribution in [0.3, 0.4) is 0 Å². The molecule has 128 valence electrons. The van der Waals surface area contributed by atoms with Crippen LogP contribution in [-0.4, -0.2) is 30.3 Å². The number of ether oxygens (including phenoxy) is 2. The maximum atomic E-state index is 12.1. The van der Waals surface area contributed by atoms with Gasteiger partial charge in [-0.15, -0.1) is 5.10 Å². The van der Waals surface area contributed by atoms with Gasteiger partial charge >= 0.3 is 6.01 Å². The zero-order valence-corrected chi connectivity index (χ0v) is 13.9. The van der Waals surface area contributed by atoms with Crippen LogP contribution in [0.25, 0.3) is 11.5 Å². The van der Waals surface area contributed by atoms with E-state index < -0.39 is 0 Å². The van der Waals surface area contributed by atoms with Crippen molar-refractivity contribution in [3.8, 4) is 23.0 Å². The first-order valence-electron chi connectivity index (χ1n) is 7.59. The number of hydrogen-bond donors (Lipinski definition) is 1. The first-order chi connectivity index (χ1) is 12.2. The van der Waals surface area contributed by atoms with Gasteiger partial charge in [-0.25, -0.2) is 0 Å². The molecule has 0 unspecified atom stereocenters. The van der Waals surface area contributed by atoms with Crippen molar-refractivity contribution in [2.45, 2.75) is 6.42 Å². The van der Waals surface area contributed by atoms with E-state index in [0.29, 0.717) is 17.1 Å². The van der Waals surface area contributed by atoms with Gasteiger partial charge in [0.05, 0.1) is 26.2 Å². The minimum Gasteiger partial charge on any atom is -0.497 e. The standard InChI is InChI=1S/C18H17N3O4/c1-23-13-7-5-6-12(10-13)11-16(22)19-18-21-20-17(25-18)14-8-3-4-9-15(14)24-2/h3-10H,11H2,1-2H3,(H,19,21,22). The highest BCUT2D eigenvalue weighted by atomic mass is 16.5. The highest BCUT2D eigenvalue weighted by molar-refractivity contribution is 5.90. The van der Waals surface area contributed by atoms with Gasteiger partial charge in [0.25, 0.3) is 5.89 Å². The summed E-state index contributed by atoms with van der Waals surface area (Å²) in [5, 5.41) is 10.4. The average Bonchev–Trinajstić information content (AvgIpc) is 3.09. The molecule has 0 atom stereocenters. The number of nitrogens with one attached hydrogen (secondary N) is 1. The van der Waals surface area contributed by atoms with E-state index in [-0.39, 0.29) is 24.2 Å². The van der Waals surface area contributed by atoms with E-state index in [1.54, 1.807) is 32.4 Å².